The van der Waals surface area contributed by atoms with Gasteiger partial charge in [-0.2, -0.15) is 0 Å². The molecule has 0 spiro atoms. The summed E-state index contributed by atoms with van der Waals surface area (Å²) in [5.41, 5.74) is 6.59. The number of piperazine rings is 1. The number of hydrogen-bond donors (Lipinski definition) is 1. The van der Waals surface area contributed by atoms with Crippen molar-refractivity contribution in [1.29, 1.82) is 0 Å². The highest BCUT2D eigenvalue weighted by atomic mass is 16.6. The van der Waals surface area contributed by atoms with E-state index in [4.69, 9.17) is 24.6 Å². The highest BCUT2D eigenvalue weighted by Crippen LogP contribution is 2.38. The van der Waals surface area contributed by atoms with E-state index >= 15 is 0 Å². The molecule has 9 heteroatoms. The topological polar surface area (TPSA) is 111 Å². The van der Waals surface area contributed by atoms with Gasteiger partial charge in [0.15, 0.2) is 5.60 Å². The summed E-state index contributed by atoms with van der Waals surface area (Å²) in [5.74, 6) is 0.542. The molecule has 3 fully saturated rings. The summed E-state index contributed by atoms with van der Waals surface area (Å²) in [6, 6.07) is 2.01. The number of furan rings is 1. The average molecular weight is 499 g/mol. The van der Waals surface area contributed by atoms with Crippen LogP contribution >= 0.6 is 0 Å². The van der Waals surface area contributed by atoms with Crippen molar-refractivity contribution in [3.63, 3.8) is 0 Å². The molecule has 5 rings (SSSR count). The maximum atomic E-state index is 12.7. The molecule has 1 saturated carbocycles. The van der Waals surface area contributed by atoms with Crippen LogP contribution in [-0.2, 0) is 19.1 Å². The number of esters is 1. The van der Waals surface area contributed by atoms with Gasteiger partial charge in [-0.25, -0.2) is 4.98 Å². The zero-order chi connectivity index (χ0) is 25.1. The molecule has 0 unspecified atom stereocenters. The second-order valence-corrected chi connectivity index (χ2v) is 10.7. The second-order valence-electron chi connectivity index (χ2n) is 10.7. The molecule has 2 aliphatic heterocycles. The lowest BCUT2D eigenvalue weighted by Crippen LogP contribution is -2.51. The summed E-state index contributed by atoms with van der Waals surface area (Å²) >= 11 is 0. The van der Waals surface area contributed by atoms with Gasteiger partial charge in [-0.3, -0.25) is 14.5 Å². The summed E-state index contributed by atoms with van der Waals surface area (Å²) < 4.78 is 16.8. The van der Waals surface area contributed by atoms with E-state index in [1.807, 2.05) is 19.2 Å². The first kappa shape index (κ1) is 25.0. The lowest BCUT2D eigenvalue weighted by atomic mass is 9.76. The number of primary amides is 1. The molecule has 1 aliphatic carbocycles. The monoisotopic (exact) mass is 498 g/mol. The molecular formula is C27H38N4O5. The van der Waals surface area contributed by atoms with Gasteiger partial charge in [0.25, 0.3) is 5.91 Å². The van der Waals surface area contributed by atoms with Crippen molar-refractivity contribution in [3.05, 3.63) is 24.1 Å². The Hall–Kier alpha value is -2.65. The average Bonchev–Trinajstić information content (AvgIpc) is 3.40. The number of rotatable bonds is 7. The van der Waals surface area contributed by atoms with Gasteiger partial charge >= 0.3 is 5.97 Å². The number of anilines is 1. The third kappa shape index (κ3) is 5.22. The van der Waals surface area contributed by atoms with Crippen LogP contribution in [0.5, 0.6) is 0 Å². The van der Waals surface area contributed by atoms with E-state index < -0.39 is 11.5 Å². The molecule has 2 N–H and O–H groups in total. The summed E-state index contributed by atoms with van der Waals surface area (Å²) in [4.78, 5) is 34.6. The van der Waals surface area contributed by atoms with Crippen LogP contribution in [0, 0.1) is 18.8 Å². The number of ether oxygens (including phenoxy) is 2. The Morgan fingerprint density at radius 1 is 1.14 bits per heavy atom. The van der Waals surface area contributed by atoms with Crippen molar-refractivity contribution < 1.29 is 23.5 Å². The molecule has 0 atom stereocenters. The fourth-order valence-electron chi connectivity index (χ4n) is 5.92. The predicted octanol–water partition coefficient (Wildman–Crippen LogP) is 3.03. The van der Waals surface area contributed by atoms with Gasteiger partial charge < -0.3 is 24.5 Å². The molecule has 9 nitrogen and oxygen atoms in total. The molecule has 4 heterocycles. The van der Waals surface area contributed by atoms with Crippen molar-refractivity contribution in [3.8, 4) is 0 Å². The predicted molar refractivity (Wildman–Crippen MR) is 136 cm³/mol. The maximum absolute atomic E-state index is 12.7. The summed E-state index contributed by atoms with van der Waals surface area (Å²) in [6.07, 6.45) is 8.77. The normalized spacial score (nSPS) is 26.2. The third-order valence-corrected chi connectivity index (χ3v) is 8.38. The number of carbonyl (C=O) groups is 2. The van der Waals surface area contributed by atoms with Gasteiger partial charge in [0, 0.05) is 51.2 Å². The Morgan fingerprint density at radius 3 is 2.56 bits per heavy atom. The van der Waals surface area contributed by atoms with E-state index in [0.717, 1.165) is 74.3 Å². The van der Waals surface area contributed by atoms with E-state index in [-0.39, 0.29) is 11.9 Å². The van der Waals surface area contributed by atoms with Crippen LogP contribution in [0.4, 0.5) is 5.82 Å². The summed E-state index contributed by atoms with van der Waals surface area (Å²) in [5, 5.41) is 1.08. The first-order valence-electron chi connectivity index (χ1n) is 13.4. The smallest absolute Gasteiger partial charge is 0.310 e. The van der Waals surface area contributed by atoms with Gasteiger partial charge in [0.2, 0.25) is 0 Å². The number of aromatic nitrogens is 1. The third-order valence-electron chi connectivity index (χ3n) is 8.38. The maximum Gasteiger partial charge on any atom is 0.310 e. The van der Waals surface area contributed by atoms with Crippen molar-refractivity contribution in [2.75, 3.05) is 50.8 Å². The van der Waals surface area contributed by atoms with Gasteiger partial charge in [0.05, 0.1) is 17.6 Å². The van der Waals surface area contributed by atoms with Crippen LogP contribution in [0.15, 0.2) is 22.9 Å². The number of hydrogen-bond acceptors (Lipinski definition) is 8. The minimum absolute atomic E-state index is 0.189. The van der Waals surface area contributed by atoms with E-state index in [1.165, 1.54) is 0 Å². The number of carbonyl (C=O) groups excluding carboxylic acids is 2. The number of nitrogens with two attached hydrogens (primary N) is 1. The van der Waals surface area contributed by atoms with Gasteiger partial charge in [0.1, 0.15) is 11.4 Å². The van der Waals surface area contributed by atoms with Gasteiger partial charge in [-0.05, 0) is 70.4 Å². The lowest BCUT2D eigenvalue weighted by Gasteiger charge is -2.39. The quantitative estimate of drug-likeness (QED) is 0.580. The van der Waals surface area contributed by atoms with Gasteiger partial charge in [-0.1, -0.05) is 0 Å². The van der Waals surface area contributed by atoms with Crippen LogP contribution in [0.1, 0.15) is 50.5 Å². The Balaban J connectivity index is 1.08. The van der Waals surface area contributed by atoms with E-state index in [1.54, 1.807) is 6.26 Å². The summed E-state index contributed by atoms with van der Waals surface area (Å²) in [6.45, 7) is 8.05. The first-order valence-corrected chi connectivity index (χ1v) is 13.4. The van der Waals surface area contributed by atoms with Crippen molar-refractivity contribution >= 4 is 28.7 Å². The molecule has 0 aromatic carbocycles. The Morgan fingerprint density at radius 2 is 1.86 bits per heavy atom. The van der Waals surface area contributed by atoms with Crippen LogP contribution < -0.4 is 10.6 Å². The van der Waals surface area contributed by atoms with Crippen molar-refractivity contribution in [2.45, 2.75) is 57.5 Å². The molecule has 2 aromatic heterocycles. The molecule has 3 aliphatic rings. The number of pyridine rings is 1. The second kappa shape index (κ2) is 10.8. The fraction of sp³-hybridized carbons (Fsp3) is 0.667. The highest BCUT2D eigenvalue weighted by Gasteiger charge is 2.45. The van der Waals surface area contributed by atoms with Crippen LogP contribution in [0.2, 0.25) is 0 Å². The Labute approximate surface area is 212 Å². The molecule has 2 saturated heterocycles. The largest absolute Gasteiger partial charge is 0.464 e. The molecule has 36 heavy (non-hydrogen) atoms. The van der Waals surface area contributed by atoms with E-state index in [2.05, 4.69) is 9.80 Å². The number of nitrogens with zero attached hydrogens (tertiary/aromatic N) is 3. The minimum Gasteiger partial charge on any atom is -0.464 e. The van der Waals surface area contributed by atoms with Crippen LogP contribution in [0.3, 0.4) is 0 Å². The summed E-state index contributed by atoms with van der Waals surface area (Å²) in [7, 11) is 0. The highest BCUT2D eigenvalue weighted by molar-refractivity contribution is 5.90. The fourth-order valence-corrected chi connectivity index (χ4v) is 5.92. The standard InChI is InChI=1S/C27H38N4O5/c1-19-18-29-24(22-7-17-35-23(19)22)31-13-11-30(12-14-31)10-4-20-2-8-27(9-3-20,26(28)33)36-25(32)21-5-15-34-16-6-21/h7,17-18,20-21H,2-6,8-16H2,1H3,(H2,28,33). The number of amides is 1. The zero-order valence-electron chi connectivity index (χ0n) is 21.2. The first-order chi connectivity index (χ1) is 17.4. The number of fused-ring (bicyclic) bond motifs is 1. The molecular weight excluding hydrogens is 460 g/mol. The number of aryl methyl sites for hydroxylation is 1. The Bertz CT molecular complexity index is 1060. The minimum atomic E-state index is -1.14. The van der Waals surface area contributed by atoms with Crippen LogP contribution in [0.25, 0.3) is 11.0 Å². The molecule has 1 amide bonds. The molecule has 0 bridgehead atoms. The van der Waals surface area contributed by atoms with Crippen molar-refractivity contribution in [2.24, 2.45) is 17.6 Å². The Kier molecular flexibility index (Phi) is 7.48. The SMILES string of the molecule is Cc1cnc(N2CCN(CCC3CCC(OC(=O)C4CCOCC4)(C(N)=O)CC3)CC2)c2ccoc12. The van der Waals surface area contributed by atoms with Crippen LogP contribution in [-0.4, -0.2) is 73.3 Å². The van der Waals surface area contributed by atoms with E-state index in [9.17, 15) is 9.59 Å². The zero-order valence-corrected chi connectivity index (χ0v) is 21.2. The van der Waals surface area contributed by atoms with Gasteiger partial charge in [-0.15, -0.1) is 0 Å². The lowest BCUT2D eigenvalue weighted by molar-refractivity contribution is -0.178. The molecule has 0 radical (unpaired) electrons. The molecule has 196 valence electrons. The van der Waals surface area contributed by atoms with E-state index in [0.29, 0.717) is 44.8 Å². The van der Waals surface area contributed by atoms with Crippen molar-refractivity contribution in [1.82, 2.24) is 9.88 Å². The molecule has 2 aromatic rings.